The molecule has 4 nitrogen and oxygen atoms in total. The summed E-state index contributed by atoms with van der Waals surface area (Å²) in [6, 6.07) is 11.6. The van der Waals surface area contributed by atoms with Crippen LogP contribution in [-0.2, 0) is 0 Å². The van der Waals surface area contributed by atoms with Crippen LogP contribution >= 0.6 is 0 Å². The summed E-state index contributed by atoms with van der Waals surface area (Å²) in [7, 11) is 0. The van der Waals surface area contributed by atoms with Crippen molar-refractivity contribution in [2.45, 2.75) is 0 Å². The van der Waals surface area contributed by atoms with Crippen molar-refractivity contribution in [2.75, 3.05) is 0 Å². The normalized spacial score (nSPS) is 10.8. The average molecular weight is 225 g/mol. The molecule has 2 N–H and O–H groups in total. The first-order valence-corrected chi connectivity index (χ1v) is 5.31. The predicted molar refractivity (Wildman–Crippen MR) is 65.7 cm³/mol. The number of hydrogen-bond donors (Lipinski definition) is 1. The Kier molecular flexibility index (Phi) is 2.01. The molecular weight excluding hydrogens is 214 g/mol. The largest absolute Gasteiger partial charge is 0.366 e. The van der Waals surface area contributed by atoms with Crippen molar-refractivity contribution in [3.05, 3.63) is 60.6 Å². The number of fused-ring (bicyclic) bond motifs is 1. The molecule has 0 aliphatic rings. The minimum absolute atomic E-state index is 0.410. The first-order valence-electron chi connectivity index (χ1n) is 5.31. The lowest BCUT2D eigenvalue weighted by Crippen LogP contribution is -2.10. The van der Waals surface area contributed by atoms with Crippen molar-refractivity contribution >= 4 is 16.8 Å². The van der Waals surface area contributed by atoms with E-state index in [-0.39, 0.29) is 0 Å². The molecule has 2 heterocycles. The van der Waals surface area contributed by atoms with Crippen LogP contribution in [-0.4, -0.2) is 15.3 Å². The Balaban J connectivity index is 2.37. The molecule has 3 rings (SSSR count). The molecule has 0 bridgehead atoms. The van der Waals surface area contributed by atoms with Gasteiger partial charge in [-0.25, -0.2) is 0 Å². The summed E-state index contributed by atoms with van der Waals surface area (Å²) in [6.45, 7) is 0. The smallest absolute Gasteiger partial charge is 0.250 e. The molecule has 1 aromatic carbocycles. The number of carbonyl (C=O) groups is 1. The molecule has 1 amide bonds. The first kappa shape index (κ1) is 9.72. The zero-order chi connectivity index (χ0) is 11.8. The Morgan fingerprint density at radius 3 is 2.47 bits per heavy atom. The van der Waals surface area contributed by atoms with Gasteiger partial charge in [0.25, 0.3) is 5.91 Å². The highest BCUT2D eigenvalue weighted by atomic mass is 16.1. The van der Waals surface area contributed by atoms with Gasteiger partial charge in [-0.15, -0.1) is 0 Å². The number of nitrogens with two attached hydrogens (primary N) is 1. The number of nitrogens with zero attached hydrogens (tertiary/aromatic N) is 2. The number of para-hydroxylation sites is 1. The maximum absolute atomic E-state index is 11.4. The molecule has 0 saturated carbocycles. The van der Waals surface area contributed by atoms with E-state index in [4.69, 9.17) is 5.73 Å². The summed E-state index contributed by atoms with van der Waals surface area (Å²) in [5, 5.41) is 0.869. The van der Waals surface area contributed by atoms with Gasteiger partial charge in [0, 0.05) is 24.0 Å². The summed E-state index contributed by atoms with van der Waals surface area (Å²) >= 11 is 0. The van der Waals surface area contributed by atoms with Gasteiger partial charge in [-0.1, -0.05) is 18.2 Å². The van der Waals surface area contributed by atoms with E-state index >= 15 is 0 Å². The standard InChI is InChI=1S/C13H11N3O/c14-13(17)11-9-16(15-7-3-4-8-15)12-6-2-1-5-10(11)12/h1-9H,(H2,14,17). The molecule has 0 spiro atoms. The highest BCUT2D eigenvalue weighted by Crippen LogP contribution is 2.21. The van der Waals surface area contributed by atoms with Crippen molar-refractivity contribution in [3.63, 3.8) is 0 Å². The van der Waals surface area contributed by atoms with Gasteiger partial charge in [0.05, 0.1) is 11.1 Å². The van der Waals surface area contributed by atoms with E-state index in [1.165, 1.54) is 0 Å². The highest BCUT2D eigenvalue weighted by Gasteiger charge is 2.12. The lowest BCUT2D eigenvalue weighted by atomic mass is 10.2. The van der Waals surface area contributed by atoms with Crippen LogP contribution in [0, 0.1) is 0 Å². The number of aromatic nitrogens is 2. The fourth-order valence-electron chi connectivity index (χ4n) is 2.02. The summed E-state index contributed by atoms with van der Waals surface area (Å²) in [6.07, 6.45) is 5.58. The molecule has 4 heteroatoms. The van der Waals surface area contributed by atoms with Gasteiger partial charge in [0.15, 0.2) is 0 Å². The lowest BCUT2D eigenvalue weighted by molar-refractivity contribution is 0.100. The third-order valence-corrected chi connectivity index (χ3v) is 2.80. The molecule has 84 valence electrons. The minimum Gasteiger partial charge on any atom is -0.366 e. The molecule has 0 aliphatic heterocycles. The van der Waals surface area contributed by atoms with Crippen LogP contribution in [0.5, 0.6) is 0 Å². The maximum atomic E-state index is 11.4. The molecule has 0 fully saturated rings. The molecular formula is C13H11N3O. The number of rotatable bonds is 2. The number of benzene rings is 1. The monoisotopic (exact) mass is 225 g/mol. The van der Waals surface area contributed by atoms with Gasteiger partial charge < -0.3 is 5.73 Å². The third kappa shape index (κ3) is 1.42. The highest BCUT2D eigenvalue weighted by molar-refractivity contribution is 6.06. The van der Waals surface area contributed by atoms with E-state index in [0.717, 1.165) is 10.9 Å². The van der Waals surface area contributed by atoms with Crippen molar-refractivity contribution in [2.24, 2.45) is 5.73 Å². The fraction of sp³-hybridized carbons (Fsp3) is 0. The molecule has 17 heavy (non-hydrogen) atoms. The molecule has 0 unspecified atom stereocenters. The van der Waals surface area contributed by atoms with Crippen LogP contribution in [0.2, 0.25) is 0 Å². The zero-order valence-corrected chi connectivity index (χ0v) is 9.08. The van der Waals surface area contributed by atoms with Gasteiger partial charge >= 0.3 is 0 Å². The SMILES string of the molecule is NC(=O)c1cn(-n2cccc2)c2ccccc12. The van der Waals surface area contributed by atoms with Crippen LogP contribution in [0.1, 0.15) is 10.4 Å². The van der Waals surface area contributed by atoms with Gasteiger partial charge in [0.2, 0.25) is 0 Å². The summed E-state index contributed by atoms with van der Waals surface area (Å²) in [4.78, 5) is 11.4. The Labute approximate surface area is 97.8 Å². The van der Waals surface area contributed by atoms with Crippen molar-refractivity contribution in [1.29, 1.82) is 0 Å². The van der Waals surface area contributed by atoms with E-state index in [1.54, 1.807) is 6.20 Å². The van der Waals surface area contributed by atoms with Crippen LogP contribution < -0.4 is 5.73 Å². The topological polar surface area (TPSA) is 53.0 Å². The molecule has 0 radical (unpaired) electrons. The van der Waals surface area contributed by atoms with E-state index in [0.29, 0.717) is 5.56 Å². The van der Waals surface area contributed by atoms with E-state index in [9.17, 15) is 4.79 Å². The van der Waals surface area contributed by atoms with Crippen LogP contribution in [0.15, 0.2) is 55.0 Å². The fourth-order valence-corrected chi connectivity index (χ4v) is 2.02. The van der Waals surface area contributed by atoms with Gasteiger partial charge in [-0.3, -0.25) is 14.1 Å². The van der Waals surface area contributed by atoms with Gasteiger partial charge in [0.1, 0.15) is 0 Å². The van der Waals surface area contributed by atoms with Gasteiger partial charge in [-0.2, -0.15) is 0 Å². The van der Waals surface area contributed by atoms with Crippen molar-refractivity contribution < 1.29 is 4.79 Å². The van der Waals surface area contributed by atoms with Crippen LogP contribution in [0.25, 0.3) is 10.9 Å². The Morgan fingerprint density at radius 1 is 1.06 bits per heavy atom. The van der Waals surface area contributed by atoms with Crippen molar-refractivity contribution in [1.82, 2.24) is 9.35 Å². The summed E-state index contributed by atoms with van der Waals surface area (Å²) in [5.41, 5.74) is 6.88. The number of hydrogen-bond acceptors (Lipinski definition) is 1. The number of amides is 1. The first-order chi connectivity index (χ1) is 8.27. The van der Waals surface area contributed by atoms with Crippen LogP contribution in [0.3, 0.4) is 0 Å². The van der Waals surface area contributed by atoms with E-state index < -0.39 is 5.91 Å². The molecule has 0 saturated heterocycles. The Hall–Kier alpha value is -2.49. The molecule has 2 aromatic heterocycles. The average Bonchev–Trinajstić information content (AvgIpc) is 2.95. The summed E-state index contributed by atoms with van der Waals surface area (Å²) < 4.78 is 3.80. The van der Waals surface area contributed by atoms with Gasteiger partial charge in [-0.05, 0) is 18.2 Å². The number of carbonyl (C=O) groups excluding carboxylic acids is 1. The maximum Gasteiger partial charge on any atom is 0.250 e. The quantitative estimate of drug-likeness (QED) is 0.711. The van der Waals surface area contributed by atoms with E-state index in [1.807, 2.05) is 58.1 Å². The molecule has 0 aliphatic carbocycles. The minimum atomic E-state index is -0.410. The second-order valence-corrected chi connectivity index (χ2v) is 3.83. The Bertz CT molecular complexity index is 680. The lowest BCUT2D eigenvalue weighted by Gasteiger charge is -2.05. The third-order valence-electron chi connectivity index (χ3n) is 2.80. The summed E-state index contributed by atoms with van der Waals surface area (Å²) in [5.74, 6) is -0.410. The zero-order valence-electron chi connectivity index (χ0n) is 9.08. The predicted octanol–water partition coefficient (Wildman–Crippen LogP) is 1.85. The molecule has 0 atom stereocenters. The van der Waals surface area contributed by atoms with Crippen LogP contribution in [0.4, 0.5) is 0 Å². The van der Waals surface area contributed by atoms with E-state index in [2.05, 4.69) is 0 Å². The molecule has 3 aromatic rings. The Morgan fingerprint density at radius 2 is 1.76 bits per heavy atom. The second-order valence-electron chi connectivity index (χ2n) is 3.83. The van der Waals surface area contributed by atoms with Crippen molar-refractivity contribution in [3.8, 4) is 0 Å². The number of primary amides is 1. The second kappa shape index (κ2) is 3.52.